The van der Waals surface area contributed by atoms with Crippen LogP contribution in [0.1, 0.15) is 37.3 Å². The molecule has 32 heavy (non-hydrogen) atoms. The van der Waals surface area contributed by atoms with Crippen LogP contribution in [0.3, 0.4) is 0 Å². The highest BCUT2D eigenvalue weighted by molar-refractivity contribution is 7.99. The van der Waals surface area contributed by atoms with Crippen molar-refractivity contribution in [3.63, 3.8) is 0 Å². The maximum Gasteiger partial charge on any atom is 0.407 e. The Morgan fingerprint density at radius 2 is 1.62 bits per heavy atom. The zero-order valence-electron chi connectivity index (χ0n) is 18.2. The quantitative estimate of drug-likeness (QED) is 0.472. The van der Waals surface area contributed by atoms with Gasteiger partial charge in [0.2, 0.25) is 5.91 Å². The smallest absolute Gasteiger partial charge is 0.407 e. The van der Waals surface area contributed by atoms with Crippen molar-refractivity contribution < 1.29 is 24.2 Å². The molecular weight excluding hydrogens is 428 g/mol. The normalized spacial score (nSPS) is 13.2. The molecule has 1 aliphatic carbocycles. The molecule has 1 unspecified atom stereocenters. The van der Waals surface area contributed by atoms with Gasteiger partial charge in [-0.1, -0.05) is 62.4 Å². The number of alkyl carbamates (subject to hydrolysis) is 1. The van der Waals surface area contributed by atoms with Crippen LogP contribution in [0.4, 0.5) is 4.79 Å². The van der Waals surface area contributed by atoms with Gasteiger partial charge in [0.15, 0.2) is 0 Å². The van der Waals surface area contributed by atoms with Crippen LogP contribution in [0.2, 0.25) is 0 Å². The molecule has 8 heteroatoms. The van der Waals surface area contributed by atoms with Gasteiger partial charge in [0.1, 0.15) is 12.6 Å². The van der Waals surface area contributed by atoms with Gasteiger partial charge < -0.3 is 20.5 Å². The number of carbonyl (C=O) groups excluding carboxylic acids is 2. The highest BCUT2D eigenvalue weighted by atomic mass is 32.2. The number of ether oxygens (including phenoxy) is 1. The van der Waals surface area contributed by atoms with Crippen LogP contribution in [0, 0.1) is 0 Å². The Hall–Kier alpha value is -3.00. The van der Waals surface area contributed by atoms with Crippen molar-refractivity contribution in [3.8, 4) is 11.1 Å². The van der Waals surface area contributed by atoms with E-state index in [0.717, 1.165) is 22.3 Å². The summed E-state index contributed by atoms with van der Waals surface area (Å²) < 4.78 is 5.43. The molecule has 0 fully saturated rings. The van der Waals surface area contributed by atoms with Crippen LogP contribution >= 0.6 is 11.8 Å². The molecule has 0 bridgehead atoms. The number of hydrogen-bond acceptors (Lipinski definition) is 5. The number of amides is 2. The second-order valence-corrected chi connectivity index (χ2v) is 9.52. The summed E-state index contributed by atoms with van der Waals surface area (Å²) in [5, 5.41) is 14.7. The molecule has 1 atom stereocenters. The van der Waals surface area contributed by atoms with E-state index in [1.807, 2.05) is 48.5 Å². The second kappa shape index (κ2) is 11.0. The lowest BCUT2D eigenvalue weighted by atomic mass is 9.98. The first-order valence-electron chi connectivity index (χ1n) is 10.6. The van der Waals surface area contributed by atoms with Gasteiger partial charge in [-0.3, -0.25) is 9.59 Å². The number of carbonyl (C=O) groups is 3. The Labute approximate surface area is 191 Å². The molecule has 0 heterocycles. The Kier molecular flexibility index (Phi) is 8.16. The Bertz CT molecular complexity index is 933. The summed E-state index contributed by atoms with van der Waals surface area (Å²) in [7, 11) is 0. The number of carboxylic acid groups (broad SMARTS) is 1. The van der Waals surface area contributed by atoms with Gasteiger partial charge in [-0.15, -0.1) is 0 Å². The Morgan fingerprint density at radius 1 is 1.03 bits per heavy atom. The van der Waals surface area contributed by atoms with Crippen molar-refractivity contribution in [1.29, 1.82) is 0 Å². The minimum atomic E-state index is -1.20. The molecule has 2 aromatic rings. The van der Waals surface area contributed by atoms with Gasteiger partial charge in [0.05, 0.1) is 6.42 Å². The van der Waals surface area contributed by atoms with Crippen LogP contribution in [0.15, 0.2) is 48.5 Å². The number of benzene rings is 2. The van der Waals surface area contributed by atoms with Crippen LogP contribution in [0.25, 0.3) is 11.1 Å². The van der Waals surface area contributed by atoms with Crippen molar-refractivity contribution in [1.82, 2.24) is 10.6 Å². The minimum Gasteiger partial charge on any atom is -0.481 e. The van der Waals surface area contributed by atoms with Crippen LogP contribution < -0.4 is 10.6 Å². The minimum absolute atomic E-state index is 0.0896. The fraction of sp³-hybridized carbons (Fsp3) is 0.375. The fourth-order valence-electron chi connectivity index (χ4n) is 3.76. The zero-order valence-corrected chi connectivity index (χ0v) is 19.0. The third-order valence-electron chi connectivity index (χ3n) is 5.18. The predicted molar refractivity (Wildman–Crippen MR) is 125 cm³/mol. The van der Waals surface area contributed by atoms with E-state index in [1.54, 1.807) is 11.8 Å². The molecule has 3 N–H and O–H groups in total. The second-order valence-electron chi connectivity index (χ2n) is 7.83. The molecular formula is C24H28N2O5S. The summed E-state index contributed by atoms with van der Waals surface area (Å²) in [5.41, 5.74) is 4.37. The summed E-state index contributed by atoms with van der Waals surface area (Å²) in [4.78, 5) is 36.0. The first kappa shape index (κ1) is 23.7. The van der Waals surface area contributed by atoms with E-state index < -0.39 is 30.4 Å². The van der Waals surface area contributed by atoms with Gasteiger partial charge >= 0.3 is 12.1 Å². The number of rotatable bonds is 10. The molecule has 0 spiro atoms. The molecule has 1 aliphatic rings. The van der Waals surface area contributed by atoms with Gasteiger partial charge in [-0.05, 0) is 27.5 Å². The average molecular weight is 457 g/mol. The van der Waals surface area contributed by atoms with Gasteiger partial charge in [0, 0.05) is 18.2 Å². The van der Waals surface area contributed by atoms with Crippen molar-refractivity contribution >= 4 is 29.7 Å². The number of aliphatic carboxylic acids is 1. The molecule has 7 nitrogen and oxygen atoms in total. The largest absolute Gasteiger partial charge is 0.481 e. The molecule has 0 saturated heterocycles. The van der Waals surface area contributed by atoms with Crippen molar-refractivity contribution in [2.24, 2.45) is 0 Å². The Morgan fingerprint density at radius 3 is 2.19 bits per heavy atom. The van der Waals surface area contributed by atoms with Gasteiger partial charge in [0.25, 0.3) is 0 Å². The summed E-state index contributed by atoms with van der Waals surface area (Å²) in [6.07, 6.45) is -1.34. The average Bonchev–Trinajstić information content (AvgIpc) is 3.08. The molecule has 2 aromatic carbocycles. The number of carboxylic acids is 1. The first-order chi connectivity index (χ1) is 15.4. The number of thioether (sulfide) groups is 1. The number of fused-ring (bicyclic) bond motifs is 3. The summed E-state index contributed by atoms with van der Waals surface area (Å²) in [5.74, 6) is -1.13. The summed E-state index contributed by atoms with van der Waals surface area (Å²) in [6.45, 7) is 4.59. The predicted octanol–water partition coefficient (Wildman–Crippen LogP) is 3.63. The third kappa shape index (κ3) is 6.03. The van der Waals surface area contributed by atoms with E-state index in [1.165, 1.54) is 0 Å². The lowest BCUT2D eigenvalue weighted by Crippen LogP contribution is -2.48. The van der Waals surface area contributed by atoms with Crippen LogP contribution in [-0.2, 0) is 14.3 Å². The molecule has 0 aromatic heterocycles. The van der Waals surface area contributed by atoms with Crippen LogP contribution in [0.5, 0.6) is 0 Å². The fourth-order valence-corrected chi connectivity index (χ4v) is 4.45. The van der Waals surface area contributed by atoms with E-state index in [-0.39, 0.29) is 12.5 Å². The maximum atomic E-state index is 12.4. The van der Waals surface area contributed by atoms with Gasteiger partial charge in [-0.2, -0.15) is 11.8 Å². The zero-order chi connectivity index (χ0) is 23.1. The standard InChI is InChI=1S/C24H28N2O5S/c1-15(2)32-12-11-25-23(29)21(13-22(27)28)26-24(30)31-14-20-18-9-5-3-7-16(18)17-8-4-6-10-19(17)20/h3-10,15,20-21H,11-14H2,1-2H3,(H,25,29)(H,26,30)(H,27,28). The van der Waals surface area contributed by atoms with Crippen LogP contribution in [-0.4, -0.2) is 53.3 Å². The first-order valence-corrected chi connectivity index (χ1v) is 11.6. The highest BCUT2D eigenvalue weighted by Gasteiger charge is 2.30. The summed E-state index contributed by atoms with van der Waals surface area (Å²) >= 11 is 1.68. The van der Waals surface area contributed by atoms with Crippen molar-refractivity contribution in [3.05, 3.63) is 59.7 Å². The van der Waals surface area contributed by atoms with E-state index in [0.29, 0.717) is 17.5 Å². The Balaban J connectivity index is 1.59. The van der Waals surface area contributed by atoms with E-state index >= 15 is 0 Å². The maximum absolute atomic E-state index is 12.4. The SMILES string of the molecule is CC(C)SCCNC(=O)C(CC(=O)O)NC(=O)OCC1c2ccccc2-c2ccccc21. The molecule has 0 aliphatic heterocycles. The molecule has 0 radical (unpaired) electrons. The van der Waals surface area contributed by atoms with E-state index in [9.17, 15) is 14.4 Å². The van der Waals surface area contributed by atoms with E-state index in [2.05, 4.69) is 24.5 Å². The molecule has 0 saturated carbocycles. The highest BCUT2D eigenvalue weighted by Crippen LogP contribution is 2.44. The summed E-state index contributed by atoms with van der Waals surface area (Å²) in [6, 6.07) is 14.7. The topological polar surface area (TPSA) is 105 Å². The number of hydrogen-bond donors (Lipinski definition) is 3. The van der Waals surface area contributed by atoms with Crippen molar-refractivity contribution in [2.75, 3.05) is 18.9 Å². The molecule has 2 amide bonds. The lowest BCUT2D eigenvalue weighted by Gasteiger charge is -2.19. The molecule has 3 rings (SSSR count). The van der Waals surface area contributed by atoms with Crippen molar-refractivity contribution in [2.45, 2.75) is 37.5 Å². The third-order valence-corrected chi connectivity index (χ3v) is 6.29. The van der Waals surface area contributed by atoms with E-state index in [4.69, 9.17) is 9.84 Å². The lowest BCUT2D eigenvalue weighted by molar-refractivity contribution is -0.139. The number of nitrogens with one attached hydrogen (secondary N) is 2. The monoisotopic (exact) mass is 456 g/mol. The molecule has 170 valence electrons. The van der Waals surface area contributed by atoms with Gasteiger partial charge in [-0.25, -0.2) is 4.79 Å².